The lowest BCUT2D eigenvalue weighted by molar-refractivity contribution is -0.118. The highest BCUT2D eigenvalue weighted by molar-refractivity contribution is 7.99. The van der Waals surface area contributed by atoms with Gasteiger partial charge in [0.15, 0.2) is 11.0 Å². The number of hydrogen-bond acceptors (Lipinski definition) is 5. The van der Waals surface area contributed by atoms with E-state index in [1.54, 1.807) is 11.3 Å². The summed E-state index contributed by atoms with van der Waals surface area (Å²) < 4.78 is 1.93. The van der Waals surface area contributed by atoms with E-state index >= 15 is 0 Å². The van der Waals surface area contributed by atoms with Gasteiger partial charge in [0.2, 0.25) is 5.91 Å². The number of aryl methyl sites for hydroxylation is 2. The van der Waals surface area contributed by atoms with E-state index in [2.05, 4.69) is 47.6 Å². The fourth-order valence-corrected chi connectivity index (χ4v) is 4.01. The lowest BCUT2D eigenvalue weighted by Crippen LogP contribution is -2.24. The first-order valence-electron chi connectivity index (χ1n) is 7.93. The van der Waals surface area contributed by atoms with Crippen molar-refractivity contribution in [3.05, 3.63) is 51.7 Å². The van der Waals surface area contributed by atoms with Crippen LogP contribution >= 0.6 is 23.1 Å². The molecule has 0 atom stereocenters. The Morgan fingerprint density at radius 1 is 1.28 bits per heavy atom. The van der Waals surface area contributed by atoms with Crippen LogP contribution in [0.4, 0.5) is 0 Å². The summed E-state index contributed by atoms with van der Waals surface area (Å²) in [5.41, 5.74) is 3.42. The maximum absolute atomic E-state index is 12.1. The first-order chi connectivity index (χ1) is 12.0. The molecule has 5 nitrogen and oxygen atoms in total. The summed E-state index contributed by atoms with van der Waals surface area (Å²) in [7, 11) is 1.92. The van der Waals surface area contributed by atoms with E-state index in [1.165, 1.54) is 27.8 Å². The van der Waals surface area contributed by atoms with Crippen LogP contribution in [0.1, 0.15) is 16.0 Å². The quantitative estimate of drug-likeness (QED) is 0.672. The largest absolute Gasteiger partial charge is 0.350 e. The lowest BCUT2D eigenvalue weighted by Gasteiger charge is -2.06. The van der Waals surface area contributed by atoms with Crippen LogP contribution in [0.2, 0.25) is 0 Å². The highest BCUT2D eigenvalue weighted by atomic mass is 32.2. The molecule has 2 heterocycles. The molecule has 1 N–H and O–H groups in total. The summed E-state index contributed by atoms with van der Waals surface area (Å²) >= 11 is 3.06. The zero-order chi connectivity index (χ0) is 17.8. The van der Waals surface area contributed by atoms with Crippen molar-refractivity contribution in [2.45, 2.75) is 25.5 Å². The van der Waals surface area contributed by atoms with E-state index < -0.39 is 0 Å². The number of rotatable bonds is 6. The molecule has 130 valence electrons. The third-order valence-corrected chi connectivity index (χ3v) is 5.90. The molecule has 3 aromatic rings. The Labute approximate surface area is 155 Å². The Balaban J connectivity index is 1.58. The number of thiophene rings is 1. The Morgan fingerprint density at radius 3 is 2.84 bits per heavy atom. The Hall–Kier alpha value is -2.12. The van der Waals surface area contributed by atoms with Gasteiger partial charge in [0, 0.05) is 17.5 Å². The topological polar surface area (TPSA) is 59.8 Å². The van der Waals surface area contributed by atoms with Crippen LogP contribution in [0, 0.1) is 13.8 Å². The van der Waals surface area contributed by atoms with E-state index in [-0.39, 0.29) is 5.91 Å². The minimum Gasteiger partial charge on any atom is -0.350 e. The van der Waals surface area contributed by atoms with Gasteiger partial charge in [-0.3, -0.25) is 4.79 Å². The second-order valence-corrected chi connectivity index (χ2v) is 7.77. The number of hydrogen-bond donors (Lipinski definition) is 1. The lowest BCUT2D eigenvalue weighted by atomic mass is 10.1. The highest BCUT2D eigenvalue weighted by Gasteiger charge is 2.13. The summed E-state index contributed by atoms with van der Waals surface area (Å²) in [6.07, 6.45) is 0. The van der Waals surface area contributed by atoms with Crippen molar-refractivity contribution in [3.8, 4) is 11.4 Å². The number of benzene rings is 1. The van der Waals surface area contributed by atoms with Gasteiger partial charge in [-0.05, 0) is 36.9 Å². The van der Waals surface area contributed by atoms with Crippen molar-refractivity contribution < 1.29 is 4.79 Å². The van der Waals surface area contributed by atoms with Crippen molar-refractivity contribution in [2.24, 2.45) is 7.05 Å². The fourth-order valence-electron chi connectivity index (χ4n) is 2.42. The Bertz CT molecular complexity index is 885. The Kier molecular flexibility index (Phi) is 5.55. The number of aromatic nitrogens is 3. The molecule has 0 unspecified atom stereocenters. The van der Waals surface area contributed by atoms with Crippen molar-refractivity contribution >= 4 is 29.0 Å². The predicted octanol–water partition coefficient (Wildman–Crippen LogP) is 3.57. The van der Waals surface area contributed by atoms with E-state index in [4.69, 9.17) is 0 Å². The average molecular weight is 373 g/mol. The monoisotopic (exact) mass is 372 g/mol. The molecular formula is C18H20N4OS2. The maximum Gasteiger partial charge on any atom is 0.230 e. The number of carbonyl (C=O) groups is 1. The number of carbonyl (C=O) groups excluding carboxylic acids is 1. The average Bonchev–Trinajstić information content (AvgIpc) is 3.16. The summed E-state index contributed by atoms with van der Waals surface area (Å²) in [5.74, 6) is 1.13. The molecule has 0 saturated carbocycles. The third kappa shape index (κ3) is 4.29. The van der Waals surface area contributed by atoms with Crippen LogP contribution in [0.25, 0.3) is 11.4 Å². The van der Waals surface area contributed by atoms with Crippen molar-refractivity contribution in [3.63, 3.8) is 0 Å². The molecule has 1 aromatic carbocycles. The van der Waals surface area contributed by atoms with Crippen molar-refractivity contribution in [1.82, 2.24) is 20.1 Å². The molecule has 0 aliphatic rings. The zero-order valence-electron chi connectivity index (χ0n) is 14.4. The molecule has 25 heavy (non-hydrogen) atoms. The molecule has 7 heteroatoms. The molecule has 2 aromatic heterocycles. The highest BCUT2D eigenvalue weighted by Crippen LogP contribution is 2.23. The van der Waals surface area contributed by atoms with Gasteiger partial charge < -0.3 is 9.88 Å². The number of nitrogens with one attached hydrogen (secondary N) is 1. The number of nitrogens with zero attached hydrogens (tertiary/aromatic N) is 3. The van der Waals surface area contributed by atoms with Crippen LogP contribution in [-0.2, 0) is 18.4 Å². The summed E-state index contributed by atoms with van der Waals surface area (Å²) in [6, 6.07) is 10.2. The van der Waals surface area contributed by atoms with E-state index in [1.807, 2.05) is 29.1 Å². The predicted molar refractivity (Wildman–Crippen MR) is 103 cm³/mol. The van der Waals surface area contributed by atoms with Gasteiger partial charge in [-0.2, -0.15) is 0 Å². The summed E-state index contributed by atoms with van der Waals surface area (Å²) in [6.45, 7) is 4.69. The first-order valence-corrected chi connectivity index (χ1v) is 9.80. The third-order valence-electron chi connectivity index (χ3n) is 3.86. The zero-order valence-corrected chi connectivity index (χ0v) is 16.1. The standard InChI is InChI=1S/C18H20N4OS2/c1-12-5-4-6-14(9-12)17-20-21-18(22(17)3)25-11-16(23)19-10-15-13(2)7-8-24-15/h4-9H,10-11H2,1-3H3,(H,19,23). The summed E-state index contributed by atoms with van der Waals surface area (Å²) in [5, 5.41) is 14.2. The van der Waals surface area contributed by atoms with E-state index in [9.17, 15) is 4.79 Å². The van der Waals surface area contributed by atoms with Gasteiger partial charge >= 0.3 is 0 Å². The maximum atomic E-state index is 12.1. The first kappa shape index (κ1) is 17.7. The molecule has 0 aliphatic carbocycles. The van der Waals surface area contributed by atoms with Gasteiger partial charge in [0.25, 0.3) is 0 Å². The van der Waals surface area contributed by atoms with Crippen LogP contribution < -0.4 is 5.32 Å². The molecule has 0 radical (unpaired) electrons. The minimum absolute atomic E-state index is 0.00194. The molecule has 0 spiro atoms. The SMILES string of the molecule is Cc1cccc(-c2nnc(SCC(=O)NCc3sccc3C)n2C)c1. The molecule has 1 amide bonds. The van der Waals surface area contributed by atoms with Gasteiger partial charge in [0.1, 0.15) is 0 Å². The van der Waals surface area contributed by atoms with Gasteiger partial charge in [-0.25, -0.2) is 0 Å². The number of amides is 1. The van der Waals surface area contributed by atoms with E-state index in [0.717, 1.165) is 16.5 Å². The van der Waals surface area contributed by atoms with Gasteiger partial charge in [-0.15, -0.1) is 21.5 Å². The van der Waals surface area contributed by atoms with Gasteiger partial charge in [-0.1, -0.05) is 35.5 Å². The smallest absolute Gasteiger partial charge is 0.230 e. The number of thioether (sulfide) groups is 1. The van der Waals surface area contributed by atoms with Crippen molar-refractivity contribution in [2.75, 3.05) is 5.75 Å². The Morgan fingerprint density at radius 2 is 2.12 bits per heavy atom. The molecule has 0 fully saturated rings. The van der Waals surface area contributed by atoms with Crippen LogP contribution in [0.15, 0.2) is 40.9 Å². The molecule has 0 bridgehead atoms. The molecule has 0 aliphatic heterocycles. The van der Waals surface area contributed by atoms with Crippen molar-refractivity contribution in [1.29, 1.82) is 0 Å². The molecule has 0 saturated heterocycles. The van der Waals surface area contributed by atoms with Gasteiger partial charge in [0.05, 0.1) is 12.3 Å². The van der Waals surface area contributed by atoms with Crippen LogP contribution in [0.5, 0.6) is 0 Å². The summed E-state index contributed by atoms with van der Waals surface area (Å²) in [4.78, 5) is 13.3. The van der Waals surface area contributed by atoms with Crippen LogP contribution in [-0.4, -0.2) is 26.4 Å². The molecular weight excluding hydrogens is 352 g/mol. The second kappa shape index (κ2) is 7.84. The second-order valence-electron chi connectivity index (χ2n) is 5.83. The fraction of sp³-hybridized carbons (Fsp3) is 0.278. The minimum atomic E-state index is -0.00194. The van der Waals surface area contributed by atoms with Crippen LogP contribution in [0.3, 0.4) is 0 Å². The van der Waals surface area contributed by atoms with E-state index in [0.29, 0.717) is 12.3 Å². The normalized spacial score (nSPS) is 10.8. The molecule has 3 rings (SSSR count).